The zero-order valence-corrected chi connectivity index (χ0v) is 11.9. The second-order valence-electron chi connectivity index (χ2n) is 4.40. The first-order valence-electron chi connectivity index (χ1n) is 5.94. The summed E-state index contributed by atoms with van der Waals surface area (Å²) in [4.78, 5) is 12.3. The maximum atomic E-state index is 10.9. The Morgan fingerprint density at radius 3 is 2.68 bits per heavy atom. The van der Waals surface area contributed by atoms with Gasteiger partial charge >= 0.3 is 5.97 Å². The van der Waals surface area contributed by atoms with Gasteiger partial charge < -0.3 is 14.9 Å². The van der Waals surface area contributed by atoms with Gasteiger partial charge in [0.25, 0.3) is 0 Å². The minimum absolute atomic E-state index is 0.381. The maximum Gasteiger partial charge on any atom is 0.345 e. The molecule has 0 fully saturated rings. The van der Waals surface area contributed by atoms with Crippen molar-refractivity contribution in [3.63, 3.8) is 0 Å². The number of nitrogens with one attached hydrogen (secondary N) is 1. The number of hydrogen-bond acceptors (Lipinski definition) is 5. The number of nitrogens with zero attached hydrogens (tertiary/aromatic N) is 1. The fourth-order valence-electron chi connectivity index (χ4n) is 1.88. The molecule has 19 heavy (non-hydrogen) atoms. The molecule has 0 aromatic carbocycles. The molecule has 5 nitrogen and oxygen atoms in total. The lowest BCUT2D eigenvalue weighted by atomic mass is 10.2. The largest absolute Gasteiger partial charge is 0.477 e. The van der Waals surface area contributed by atoms with Gasteiger partial charge in [0.2, 0.25) is 0 Å². The van der Waals surface area contributed by atoms with E-state index in [-0.39, 0.29) is 0 Å². The predicted octanol–water partition coefficient (Wildman–Crippen LogP) is 2.65. The molecule has 0 radical (unpaired) electrons. The van der Waals surface area contributed by atoms with Crippen molar-refractivity contribution in [3.05, 3.63) is 38.4 Å². The molecule has 0 atom stereocenters. The number of aryl methyl sites for hydroxylation is 3. The minimum Gasteiger partial charge on any atom is -0.477 e. The van der Waals surface area contributed by atoms with E-state index in [2.05, 4.69) is 10.5 Å². The second kappa shape index (κ2) is 5.54. The average molecular weight is 280 g/mol. The van der Waals surface area contributed by atoms with Crippen molar-refractivity contribution in [2.75, 3.05) is 0 Å². The number of rotatable bonds is 5. The van der Waals surface area contributed by atoms with Crippen molar-refractivity contribution in [2.45, 2.75) is 33.9 Å². The van der Waals surface area contributed by atoms with Gasteiger partial charge in [-0.05, 0) is 32.4 Å². The Bertz CT molecular complexity index is 582. The van der Waals surface area contributed by atoms with Gasteiger partial charge in [0.1, 0.15) is 10.6 Å². The number of aromatic nitrogens is 1. The number of thiophene rings is 1. The summed E-state index contributed by atoms with van der Waals surface area (Å²) in [6.45, 7) is 7.03. The van der Waals surface area contributed by atoms with Gasteiger partial charge in [-0.15, -0.1) is 11.3 Å². The van der Waals surface area contributed by atoms with Crippen LogP contribution in [0, 0.1) is 20.8 Å². The Labute approximate surface area is 115 Å². The van der Waals surface area contributed by atoms with Crippen molar-refractivity contribution in [1.29, 1.82) is 0 Å². The summed E-state index contributed by atoms with van der Waals surface area (Å²) in [5, 5.41) is 16.1. The van der Waals surface area contributed by atoms with Gasteiger partial charge in [-0.1, -0.05) is 5.16 Å². The third-order valence-electron chi connectivity index (χ3n) is 3.03. The van der Waals surface area contributed by atoms with E-state index in [1.54, 1.807) is 6.07 Å². The van der Waals surface area contributed by atoms with Crippen LogP contribution in [0.5, 0.6) is 0 Å². The summed E-state index contributed by atoms with van der Waals surface area (Å²) < 4.78 is 5.09. The van der Waals surface area contributed by atoms with Crippen molar-refractivity contribution in [1.82, 2.24) is 10.5 Å². The lowest BCUT2D eigenvalue weighted by Gasteiger charge is -2.03. The molecule has 2 N–H and O–H groups in total. The first kappa shape index (κ1) is 13.8. The number of hydrogen-bond donors (Lipinski definition) is 2. The molecule has 0 saturated carbocycles. The fraction of sp³-hybridized carbons (Fsp3) is 0.385. The van der Waals surface area contributed by atoms with E-state index in [0.29, 0.717) is 18.0 Å². The lowest BCUT2D eigenvalue weighted by molar-refractivity contribution is 0.0702. The molecule has 6 heteroatoms. The van der Waals surface area contributed by atoms with Crippen LogP contribution < -0.4 is 5.32 Å². The van der Waals surface area contributed by atoms with Crippen molar-refractivity contribution in [2.24, 2.45) is 0 Å². The first-order chi connectivity index (χ1) is 8.99. The molecule has 0 aliphatic carbocycles. The zero-order chi connectivity index (χ0) is 14.0. The van der Waals surface area contributed by atoms with Crippen LogP contribution in [0.25, 0.3) is 0 Å². The zero-order valence-electron chi connectivity index (χ0n) is 11.1. The summed E-state index contributed by atoms with van der Waals surface area (Å²) in [6.07, 6.45) is 0. The van der Waals surface area contributed by atoms with Crippen LogP contribution in [-0.4, -0.2) is 16.2 Å². The van der Waals surface area contributed by atoms with Crippen LogP contribution in [0.15, 0.2) is 10.6 Å². The standard InChI is InChI=1S/C13H16N2O3S/c1-7-11(8(2)18-15-7)6-14-5-10-4-12(13(16)17)19-9(10)3/h4,14H,5-6H2,1-3H3,(H,16,17). The highest BCUT2D eigenvalue weighted by molar-refractivity contribution is 7.14. The molecule has 2 aromatic rings. The lowest BCUT2D eigenvalue weighted by Crippen LogP contribution is -2.13. The molecule has 0 saturated heterocycles. The topological polar surface area (TPSA) is 75.4 Å². The number of aromatic carboxylic acids is 1. The molecule has 0 bridgehead atoms. The highest BCUT2D eigenvalue weighted by atomic mass is 32.1. The van der Waals surface area contributed by atoms with Gasteiger partial charge in [0.15, 0.2) is 0 Å². The molecule has 102 valence electrons. The Kier molecular flexibility index (Phi) is 4.01. The Morgan fingerprint density at radius 1 is 1.42 bits per heavy atom. The first-order valence-corrected chi connectivity index (χ1v) is 6.75. The second-order valence-corrected chi connectivity index (χ2v) is 5.66. The smallest absolute Gasteiger partial charge is 0.345 e. The fourth-order valence-corrected chi connectivity index (χ4v) is 2.76. The minimum atomic E-state index is -0.870. The molecule has 0 amide bonds. The van der Waals surface area contributed by atoms with Crippen LogP contribution in [0.1, 0.15) is 37.1 Å². The maximum absolute atomic E-state index is 10.9. The van der Waals surface area contributed by atoms with E-state index in [9.17, 15) is 4.79 Å². The quantitative estimate of drug-likeness (QED) is 0.880. The number of carboxylic acid groups (broad SMARTS) is 1. The van der Waals surface area contributed by atoms with E-state index >= 15 is 0 Å². The molecule has 0 unspecified atom stereocenters. The molecule has 0 aliphatic heterocycles. The van der Waals surface area contributed by atoms with Crippen LogP contribution in [0.4, 0.5) is 0 Å². The van der Waals surface area contributed by atoms with E-state index in [0.717, 1.165) is 27.5 Å². The van der Waals surface area contributed by atoms with Crippen LogP contribution in [0.3, 0.4) is 0 Å². The van der Waals surface area contributed by atoms with E-state index in [1.165, 1.54) is 11.3 Å². The highest BCUT2D eigenvalue weighted by Gasteiger charge is 2.12. The predicted molar refractivity (Wildman–Crippen MR) is 72.5 cm³/mol. The molecule has 0 spiro atoms. The summed E-state index contributed by atoms with van der Waals surface area (Å²) in [7, 11) is 0. The molecular formula is C13H16N2O3S. The van der Waals surface area contributed by atoms with Crippen molar-refractivity contribution in [3.8, 4) is 0 Å². The van der Waals surface area contributed by atoms with Gasteiger partial charge in [-0.25, -0.2) is 4.79 Å². The molecule has 2 heterocycles. The SMILES string of the molecule is Cc1noc(C)c1CNCc1cc(C(=O)O)sc1C. The molecule has 2 rings (SSSR count). The van der Waals surface area contributed by atoms with E-state index in [1.807, 2.05) is 20.8 Å². The molecule has 2 aromatic heterocycles. The average Bonchev–Trinajstić information content (AvgIpc) is 2.87. The van der Waals surface area contributed by atoms with Crippen LogP contribution in [0.2, 0.25) is 0 Å². The third kappa shape index (κ3) is 3.02. The molecule has 0 aliphatic rings. The number of carbonyl (C=O) groups is 1. The molecular weight excluding hydrogens is 264 g/mol. The van der Waals surface area contributed by atoms with E-state index in [4.69, 9.17) is 9.63 Å². The van der Waals surface area contributed by atoms with E-state index < -0.39 is 5.97 Å². The Morgan fingerprint density at radius 2 is 2.16 bits per heavy atom. The summed E-state index contributed by atoms with van der Waals surface area (Å²) in [5.41, 5.74) is 2.97. The van der Waals surface area contributed by atoms with Gasteiger partial charge in [-0.2, -0.15) is 0 Å². The Hall–Kier alpha value is -1.66. The highest BCUT2D eigenvalue weighted by Crippen LogP contribution is 2.21. The summed E-state index contributed by atoms with van der Waals surface area (Å²) in [6, 6.07) is 1.72. The van der Waals surface area contributed by atoms with Gasteiger partial charge in [0.05, 0.1) is 5.69 Å². The Balaban J connectivity index is 1.98. The van der Waals surface area contributed by atoms with Crippen molar-refractivity contribution >= 4 is 17.3 Å². The number of carboxylic acids is 1. The normalized spacial score (nSPS) is 10.9. The van der Waals surface area contributed by atoms with Gasteiger partial charge in [0, 0.05) is 23.5 Å². The van der Waals surface area contributed by atoms with Crippen LogP contribution >= 0.6 is 11.3 Å². The van der Waals surface area contributed by atoms with Crippen LogP contribution in [-0.2, 0) is 13.1 Å². The summed E-state index contributed by atoms with van der Waals surface area (Å²) in [5.74, 6) is -0.0525. The third-order valence-corrected chi connectivity index (χ3v) is 4.11. The van der Waals surface area contributed by atoms with Crippen molar-refractivity contribution < 1.29 is 14.4 Å². The monoisotopic (exact) mass is 280 g/mol. The van der Waals surface area contributed by atoms with Gasteiger partial charge in [-0.3, -0.25) is 0 Å². The summed E-state index contributed by atoms with van der Waals surface area (Å²) >= 11 is 1.31.